The van der Waals surface area contributed by atoms with Gasteiger partial charge in [-0.05, 0) is 55.4 Å². The summed E-state index contributed by atoms with van der Waals surface area (Å²) >= 11 is 0. The van der Waals surface area contributed by atoms with Crippen molar-refractivity contribution in [2.45, 2.75) is 39.2 Å². The second-order valence-corrected chi connectivity index (χ2v) is 8.85. The zero-order valence-electron chi connectivity index (χ0n) is 18.9. The van der Waals surface area contributed by atoms with Crippen molar-refractivity contribution in [3.8, 4) is 0 Å². The van der Waals surface area contributed by atoms with Crippen molar-refractivity contribution in [3.63, 3.8) is 0 Å². The Kier molecular flexibility index (Phi) is 5.58. The largest absolute Gasteiger partial charge is 0.354 e. The van der Waals surface area contributed by atoms with Crippen molar-refractivity contribution in [1.82, 2.24) is 20.2 Å². The van der Waals surface area contributed by atoms with Crippen molar-refractivity contribution in [1.29, 1.82) is 0 Å². The normalized spacial score (nSPS) is 16.0. The topological polar surface area (TPSA) is 78.1 Å². The van der Waals surface area contributed by atoms with Gasteiger partial charge in [0.05, 0.1) is 5.52 Å². The van der Waals surface area contributed by atoms with Crippen molar-refractivity contribution in [2.75, 3.05) is 20.1 Å². The van der Waals surface area contributed by atoms with Gasteiger partial charge in [0.15, 0.2) is 5.82 Å². The Morgan fingerprint density at radius 3 is 2.73 bits per heavy atom. The molecule has 1 amide bonds. The number of nitrogens with one attached hydrogen (secondary N) is 2. The average molecular weight is 447 g/mol. The summed E-state index contributed by atoms with van der Waals surface area (Å²) in [6.07, 6.45) is 5.54. The lowest BCUT2D eigenvalue weighted by atomic mass is 9.97. The number of rotatable bonds is 4. The molecular formula is C26H27FN4O2. The van der Waals surface area contributed by atoms with E-state index in [0.29, 0.717) is 29.9 Å². The predicted octanol–water partition coefficient (Wildman–Crippen LogP) is 3.51. The van der Waals surface area contributed by atoms with Gasteiger partial charge in [-0.3, -0.25) is 14.5 Å². The fourth-order valence-corrected chi connectivity index (χ4v) is 5.09. The number of aromatic nitrogens is 2. The van der Waals surface area contributed by atoms with Gasteiger partial charge in [0.2, 0.25) is 0 Å². The molecule has 3 heterocycles. The molecular weight excluding hydrogens is 419 g/mol. The molecule has 1 aliphatic heterocycles. The summed E-state index contributed by atoms with van der Waals surface area (Å²) < 4.78 is 15.3. The Hall–Kier alpha value is -3.32. The van der Waals surface area contributed by atoms with E-state index in [1.165, 1.54) is 5.57 Å². The minimum absolute atomic E-state index is 0.150. The average Bonchev–Trinajstić information content (AvgIpc) is 3.32. The van der Waals surface area contributed by atoms with Gasteiger partial charge < -0.3 is 10.3 Å². The molecule has 0 spiro atoms. The second kappa shape index (κ2) is 8.56. The van der Waals surface area contributed by atoms with E-state index in [2.05, 4.69) is 26.3 Å². The molecule has 0 unspecified atom stereocenters. The first-order valence-corrected chi connectivity index (χ1v) is 11.4. The lowest BCUT2D eigenvalue weighted by Crippen LogP contribution is -2.28. The molecule has 0 fully saturated rings. The fraction of sp³-hybridized carbons (Fsp3) is 0.346. The van der Waals surface area contributed by atoms with Crippen LogP contribution in [0.15, 0.2) is 35.1 Å². The van der Waals surface area contributed by atoms with Crippen LogP contribution in [-0.4, -0.2) is 40.9 Å². The summed E-state index contributed by atoms with van der Waals surface area (Å²) in [5.41, 5.74) is 6.09. The lowest BCUT2D eigenvalue weighted by molar-refractivity contribution is 0.0958. The first-order valence-electron chi connectivity index (χ1n) is 11.4. The zero-order chi connectivity index (χ0) is 23.1. The van der Waals surface area contributed by atoms with Crippen LogP contribution in [0, 0.1) is 12.7 Å². The summed E-state index contributed by atoms with van der Waals surface area (Å²) in [5.74, 6) is -0.518. The highest BCUT2D eigenvalue weighted by Crippen LogP contribution is 2.30. The van der Waals surface area contributed by atoms with E-state index in [-0.39, 0.29) is 17.3 Å². The zero-order valence-corrected chi connectivity index (χ0v) is 18.9. The summed E-state index contributed by atoms with van der Waals surface area (Å²) in [4.78, 5) is 33.6. The quantitative estimate of drug-likeness (QED) is 0.643. The van der Waals surface area contributed by atoms with Crippen LogP contribution in [0.25, 0.3) is 16.5 Å². The van der Waals surface area contributed by atoms with Crippen LogP contribution in [0.1, 0.15) is 51.3 Å². The van der Waals surface area contributed by atoms with Crippen molar-refractivity contribution in [3.05, 3.63) is 80.2 Å². The molecule has 0 bridgehead atoms. The maximum Gasteiger partial charge on any atom is 0.269 e. The van der Waals surface area contributed by atoms with Crippen molar-refractivity contribution >= 4 is 22.4 Å². The molecule has 0 saturated carbocycles. The third-order valence-electron chi connectivity index (χ3n) is 6.86. The maximum absolute atomic E-state index is 15.3. The molecule has 0 atom stereocenters. The number of carbonyl (C=O) groups is 1. The van der Waals surface area contributed by atoms with Gasteiger partial charge in [0.25, 0.3) is 11.5 Å². The third-order valence-corrected chi connectivity index (χ3v) is 6.86. The highest BCUT2D eigenvalue weighted by Gasteiger charge is 2.22. The van der Waals surface area contributed by atoms with Gasteiger partial charge >= 0.3 is 0 Å². The minimum atomic E-state index is -0.320. The van der Waals surface area contributed by atoms with E-state index < -0.39 is 0 Å². The minimum Gasteiger partial charge on any atom is -0.354 e. The number of halogens is 1. The number of hydrogen-bond acceptors (Lipinski definition) is 4. The van der Waals surface area contributed by atoms with Crippen LogP contribution in [0.5, 0.6) is 0 Å². The van der Waals surface area contributed by atoms with E-state index in [1.807, 2.05) is 25.1 Å². The molecule has 0 radical (unpaired) electrons. The molecule has 170 valence electrons. The first-order chi connectivity index (χ1) is 16.0. The van der Waals surface area contributed by atoms with E-state index >= 15 is 4.39 Å². The highest BCUT2D eigenvalue weighted by molar-refractivity contribution is 5.92. The predicted molar refractivity (Wildman–Crippen MR) is 127 cm³/mol. The fourth-order valence-electron chi connectivity index (χ4n) is 5.09. The number of H-pyrrole nitrogens is 1. The standard InChI is InChI=1S/C26H27FN4O2/c1-15-18(8-9-22(29-15)26(33)28-2)16-10-12-31(13-11-16)14-17-6-7-20-19-4-3-5-21(19)25(32)30-24(20)23(17)27/h6-10H,3-5,11-14H2,1-2H3,(H,28,33)(H,30,32). The molecule has 2 aliphatic rings. The SMILES string of the molecule is CNC(=O)c1ccc(C2=CCN(Cc3ccc4c5c(c(=O)[nH]c4c3F)CCC5)CC2)c(C)n1. The van der Waals surface area contributed by atoms with Gasteiger partial charge in [0.1, 0.15) is 5.69 Å². The molecule has 5 rings (SSSR count). The number of amides is 1. The first kappa shape index (κ1) is 21.5. The molecule has 2 aromatic heterocycles. The Balaban J connectivity index is 1.35. The van der Waals surface area contributed by atoms with Gasteiger partial charge in [-0.2, -0.15) is 0 Å². The van der Waals surface area contributed by atoms with Crippen LogP contribution in [0.3, 0.4) is 0 Å². The number of hydrogen-bond donors (Lipinski definition) is 2. The van der Waals surface area contributed by atoms with E-state index in [1.54, 1.807) is 13.1 Å². The molecule has 3 aromatic rings. The van der Waals surface area contributed by atoms with Crippen LogP contribution in [0.2, 0.25) is 0 Å². The van der Waals surface area contributed by atoms with Crippen molar-refractivity contribution < 1.29 is 9.18 Å². The van der Waals surface area contributed by atoms with Crippen LogP contribution >= 0.6 is 0 Å². The van der Waals surface area contributed by atoms with E-state index in [4.69, 9.17) is 0 Å². The number of carbonyl (C=O) groups excluding carboxylic acids is 1. The number of aryl methyl sites for hydroxylation is 2. The van der Waals surface area contributed by atoms with Crippen LogP contribution in [-0.2, 0) is 19.4 Å². The Bertz CT molecular complexity index is 1360. The van der Waals surface area contributed by atoms with Gasteiger partial charge in [-0.25, -0.2) is 9.37 Å². The monoisotopic (exact) mass is 446 g/mol. The maximum atomic E-state index is 15.3. The van der Waals surface area contributed by atoms with Crippen LogP contribution in [0.4, 0.5) is 4.39 Å². The molecule has 1 aliphatic carbocycles. The number of aromatic amines is 1. The van der Waals surface area contributed by atoms with Gasteiger partial charge in [0, 0.05) is 48.9 Å². The second-order valence-electron chi connectivity index (χ2n) is 8.85. The lowest BCUT2D eigenvalue weighted by Gasteiger charge is -2.27. The summed E-state index contributed by atoms with van der Waals surface area (Å²) in [6.45, 7) is 3.89. The van der Waals surface area contributed by atoms with Gasteiger partial charge in [-0.1, -0.05) is 24.3 Å². The summed E-state index contributed by atoms with van der Waals surface area (Å²) in [6, 6.07) is 7.52. The molecule has 1 aromatic carbocycles. The Labute approximate surface area is 191 Å². The summed E-state index contributed by atoms with van der Waals surface area (Å²) in [7, 11) is 1.59. The van der Waals surface area contributed by atoms with E-state index in [0.717, 1.165) is 60.0 Å². The van der Waals surface area contributed by atoms with Crippen LogP contribution < -0.4 is 10.9 Å². The van der Waals surface area contributed by atoms with Crippen molar-refractivity contribution in [2.24, 2.45) is 0 Å². The molecule has 6 nitrogen and oxygen atoms in total. The third kappa shape index (κ3) is 3.86. The van der Waals surface area contributed by atoms with Gasteiger partial charge in [-0.15, -0.1) is 0 Å². The number of nitrogens with zero attached hydrogens (tertiary/aromatic N) is 2. The Morgan fingerprint density at radius 2 is 2.00 bits per heavy atom. The molecule has 0 saturated heterocycles. The summed E-state index contributed by atoms with van der Waals surface area (Å²) in [5, 5.41) is 3.43. The van der Waals surface area contributed by atoms with E-state index in [9.17, 15) is 9.59 Å². The number of fused-ring (bicyclic) bond motifs is 3. The molecule has 33 heavy (non-hydrogen) atoms. The Morgan fingerprint density at radius 1 is 1.18 bits per heavy atom. The molecule has 2 N–H and O–H groups in total. The highest BCUT2D eigenvalue weighted by atomic mass is 19.1. The smallest absolute Gasteiger partial charge is 0.269 e. The number of pyridine rings is 2. The molecule has 7 heteroatoms. The number of benzene rings is 1.